The lowest BCUT2D eigenvalue weighted by atomic mass is 10.0. The Kier molecular flexibility index (Phi) is 4.27. The quantitative estimate of drug-likeness (QED) is 0.734. The van der Waals surface area contributed by atoms with E-state index in [2.05, 4.69) is 22.7 Å². The van der Waals surface area contributed by atoms with Gasteiger partial charge in [0.25, 0.3) is 0 Å². The Morgan fingerprint density at radius 3 is 2.86 bits per heavy atom. The van der Waals surface area contributed by atoms with Crippen molar-refractivity contribution in [2.45, 2.75) is 19.3 Å². The number of halogens is 1. The van der Waals surface area contributed by atoms with E-state index >= 15 is 0 Å². The van der Waals surface area contributed by atoms with Gasteiger partial charge in [-0.25, -0.2) is 0 Å². The third-order valence-electron chi connectivity index (χ3n) is 3.32. The van der Waals surface area contributed by atoms with E-state index in [-0.39, 0.29) is 0 Å². The standard InChI is InChI=1S/C16H15ClN2OS/c17-12-5-1-4-11(10-12)15-14(19-20-16(15)18)8-2-6-13-7-3-9-21-13/h1,3-5,7,9-10H,2,6,8,18H2. The van der Waals surface area contributed by atoms with Gasteiger partial charge in [-0.15, -0.1) is 11.3 Å². The summed E-state index contributed by atoms with van der Waals surface area (Å²) in [4.78, 5) is 1.38. The van der Waals surface area contributed by atoms with Crippen molar-refractivity contribution in [2.24, 2.45) is 0 Å². The van der Waals surface area contributed by atoms with E-state index in [0.29, 0.717) is 10.9 Å². The van der Waals surface area contributed by atoms with E-state index in [0.717, 1.165) is 36.1 Å². The predicted octanol–water partition coefficient (Wildman–Crippen LogP) is 4.81. The highest BCUT2D eigenvalue weighted by Crippen LogP contribution is 2.32. The molecule has 3 aromatic rings. The van der Waals surface area contributed by atoms with Crippen LogP contribution in [0.1, 0.15) is 17.0 Å². The molecular weight excluding hydrogens is 304 g/mol. The summed E-state index contributed by atoms with van der Waals surface area (Å²) in [5.74, 6) is 0.350. The SMILES string of the molecule is Nc1onc(CCCc2cccs2)c1-c1cccc(Cl)c1. The van der Waals surface area contributed by atoms with Crippen molar-refractivity contribution in [3.63, 3.8) is 0 Å². The van der Waals surface area contributed by atoms with Gasteiger partial charge in [0.15, 0.2) is 0 Å². The van der Waals surface area contributed by atoms with E-state index in [1.165, 1.54) is 4.88 Å². The van der Waals surface area contributed by atoms with Crippen LogP contribution in [0.25, 0.3) is 11.1 Å². The maximum absolute atomic E-state index is 6.05. The number of rotatable bonds is 5. The number of benzene rings is 1. The monoisotopic (exact) mass is 318 g/mol. The molecule has 0 spiro atoms. The summed E-state index contributed by atoms with van der Waals surface area (Å²) < 4.78 is 5.16. The lowest BCUT2D eigenvalue weighted by molar-refractivity contribution is 0.426. The van der Waals surface area contributed by atoms with Crippen LogP contribution in [0.3, 0.4) is 0 Å². The highest BCUT2D eigenvalue weighted by Gasteiger charge is 2.15. The Labute approximate surface area is 132 Å². The molecule has 2 aromatic heterocycles. The van der Waals surface area contributed by atoms with Crippen molar-refractivity contribution in [1.82, 2.24) is 5.16 Å². The van der Waals surface area contributed by atoms with Crippen LogP contribution in [-0.2, 0) is 12.8 Å². The minimum Gasteiger partial charge on any atom is -0.367 e. The molecule has 1 aromatic carbocycles. The average molecular weight is 319 g/mol. The molecule has 5 heteroatoms. The second kappa shape index (κ2) is 6.33. The molecule has 3 nitrogen and oxygen atoms in total. The highest BCUT2D eigenvalue weighted by atomic mass is 35.5. The minimum atomic E-state index is 0.350. The Morgan fingerprint density at radius 2 is 2.10 bits per heavy atom. The van der Waals surface area contributed by atoms with Crippen LogP contribution in [0.15, 0.2) is 46.3 Å². The molecule has 21 heavy (non-hydrogen) atoms. The van der Waals surface area contributed by atoms with Crippen molar-refractivity contribution in [3.05, 3.63) is 57.4 Å². The molecule has 2 N–H and O–H groups in total. The number of aryl methyl sites for hydroxylation is 2. The summed E-state index contributed by atoms with van der Waals surface area (Å²) in [5, 5.41) is 6.88. The summed E-state index contributed by atoms with van der Waals surface area (Å²) in [6, 6.07) is 11.8. The van der Waals surface area contributed by atoms with Crippen LogP contribution >= 0.6 is 22.9 Å². The van der Waals surface area contributed by atoms with Crippen molar-refractivity contribution in [3.8, 4) is 11.1 Å². The molecular formula is C16H15ClN2OS. The lowest BCUT2D eigenvalue weighted by Crippen LogP contribution is -1.93. The molecule has 0 aliphatic carbocycles. The van der Waals surface area contributed by atoms with Crippen LogP contribution in [0.5, 0.6) is 0 Å². The highest BCUT2D eigenvalue weighted by molar-refractivity contribution is 7.09. The third kappa shape index (κ3) is 3.28. The first-order chi connectivity index (χ1) is 10.2. The molecule has 0 saturated carbocycles. The number of nitrogens with zero attached hydrogens (tertiary/aromatic N) is 1. The number of nitrogen functional groups attached to an aromatic ring is 1. The first-order valence-corrected chi connectivity index (χ1v) is 8.02. The number of anilines is 1. The molecule has 0 unspecified atom stereocenters. The van der Waals surface area contributed by atoms with Gasteiger partial charge in [0.1, 0.15) is 0 Å². The summed E-state index contributed by atoms with van der Waals surface area (Å²) in [6.07, 6.45) is 2.89. The van der Waals surface area contributed by atoms with Gasteiger partial charge in [0, 0.05) is 9.90 Å². The fourth-order valence-corrected chi connectivity index (χ4v) is 3.29. The third-order valence-corrected chi connectivity index (χ3v) is 4.49. The van der Waals surface area contributed by atoms with E-state index in [9.17, 15) is 0 Å². The zero-order valence-corrected chi connectivity index (χ0v) is 13.0. The molecule has 0 saturated heterocycles. The molecule has 3 rings (SSSR count). The number of aromatic nitrogens is 1. The van der Waals surface area contributed by atoms with Crippen molar-refractivity contribution >= 4 is 28.8 Å². The number of hydrogen-bond acceptors (Lipinski definition) is 4. The number of hydrogen-bond donors (Lipinski definition) is 1. The maximum Gasteiger partial charge on any atom is 0.230 e. The first-order valence-electron chi connectivity index (χ1n) is 6.76. The van der Waals surface area contributed by atoms with Crippen molar-refractivity contribution in [2.75, 3.05) is 5.73 Å². The summed E-state index contributed by atoms with van der Waals surface area (Å²) in [7, 11) is 0. The Balaban J connectivity index is 1.77. The fraction of sp³-hybridized carbons (Fsp3) is 0.188. The van der Waals surface area contributed by atoms with Gasteiger partial charge in [-0.2, -0.15) is 0 Å². The Morgan fingerprint density at radius 1 is 1.19 bits per heavy atom. The molecule has 0 aliphatic rings. The second-order valence-electron chi connectivity index (χ2n) is 4.81. The minimum absolute atomic E-state index is 0.350. The predicted molar refractivity (Wildman–Crippen MR) is 87.7 cm³/mol. The van der Waals surface area contributed by atoms with E-state index in [1.54, 1.807) is 11.3 Å². The molecule has 2 heterocycles. The van der Waals surface area contributed by atoms with Gasteiger partial charge in [-0.1, -0.05) is 35.0 Å². The van der Waals surface area contributed by atoms with Gasteiger partial charge in [0.05, 0.1) is 11.3 Å². The van der Waals surface area contributed by atoms with Crippen LogP contribution in [0.4, 0.5) is 5.88 Å². The Bertz CT molecular complexity index is 722. The fourth-order valence-electron chi connectivity index (χ4n) is 2.35. The summed E-state index contributed by atoms with van der Waals surface area (Å²) in [5.41, 5.74) is 8.63. The van der Waals surface area contributed by atoms with Crippen LogP contribution in [-0.4, -0.2) is 5.16 Å². The van der Waals surface area contributed by atoms with Crippen LogP contribution in [0, 0.1) is 0 Å². The second-order valence-corrected chi connectivity index (χ2v) is 6.28. The average Bonchev–Trinajstić information content (AvgIpc) is 3.09. The zero-order chi connectivity index (χ0) is 14.7. The van der Waals surface area contributed by atoms with Gasteiger partial charge in [-0.05, 0) is 48.4 Å². The van der Waals surface area contributed by atoms with Gasteiger partial charge >= 0.3 is 0 Å². The molecule has 0 fully saturated rings. The molecule has 0 atom stereocenters. The topological polar surface area (TPSA) is 52.0 Å². The largest absolute Gasteiger partial charge is 0.367 e. The van der Waals surface area contributed by atoms with E-state index in [4.69, 9.17) is 21.9 Å². The maximum atomic E-state index is 6.05. The first kappa shape index (κ1) is 14.2. The molecule has 0 radical (unpaired) electrons. The normalized spacial score (nSPS) is 10.9. The smallest absolute Gasteiger partial charge is 0.230 e. The van der Waals surface area contributed by atoms with Crippen molar-refractivity contribution in [1.29, 1.82) is 0 Å². The summed E-state index contributed by atoms with van der Waals surface area (Å²) >= 11 is 7.83. The van der Waals surface area contributed by atoms with Crippen molar-refractivity contribution < 1.29 is 4.52 Å². The van der Waals surface area contributed by atoms with E-state index in [1.807, 2.05) is 24.3 Å². The number of thiophene rings is 1. The van der Waals surface area contributed by atoms with Gasteiger partial charge in [0.2, 0.25) is 5.88 Å². The van der Waals surface area contributed by atoms with Gasteiger partial charge in [-0.3, -0.25) is 0 Å². The summed E-state index contributed by atoms with van der Waals surface area (Å²) in [6.45, 7) is 0. The molecule has 108 valence electrons. The molecule has 0 aliphatic heterocycles. The van der Waals surface area contributed by atoms with Crippen LogP contribution in [0.2, 0.25) is 5.02 Å². The van der Waals surface area contributed by atoms with E-state index < -0.39 is 0 Å². The Hall–Kier alpha value is -1.78. The molecule has 0 amide bonds. The van der Waals surface area contributed by atoms with Crippen LogP contribution < -0.4 is 5.73 Å². The number of nitrogens with two attached hydrogens (primary N) is 1. The zero-order valence-electron chi connectivity index (χ0n) is 11.4. The molecule has 0 bridgehead atoms. The lowest BCUT2D eigenvalue weighted by Gasteiger charge is -2.03. The van der Waals surface area contributed by atoms with Gasteiger partial charge < -0.3 is 10.3 Å².